The van der Waals surface area contributed by atoms with Gasteiger partial charge >= 0.3 is 6.03 Å². The minimum Gasteiger partial charge on any atom is -0.494 e. The average Bonchev–Trinajstić information content (AvgIpc) is 3.64. The Balaban J connectivity index is 1.40. The number of nitrogens with zero attached hydrogens (tertiary/aromatic N) is 6. The second-order valence-electron chi connectivity index (χ2n) is 9.76. The number of hydrogen-bond acceptors (Lipinski definition) is 10. The number of imide groups is 1. The lowest BCUT2D eigenvalue weighted by molar-refractivity contribution is 0.0966. The molecule has 5 rings (SSSR count). The number of carbonyl (C=O) groups is 2. The van der Waals surface area contributed by atoms with Crippen LogP contribution in [0.25, 0.3) is 15.9 Å². The standard InChI is InChI=1S/C27H30ClN7O5S2/c1-32-12-14-33(15-13-32)10-6-16-42(38,39)35(27-30-21-7-3-4-8-24(21)41-27)26(37)31-25(36)19-17-22(34-11-5-9-29-34)23(40-2)18-20(19)28/h3-5,7-9,11,17-18H,6,10,12-16H2,1-2H3,(H,31,36,37). The van der Waals surface area contributed by atoms with Gasteiger partial charge in [0.25, 0.3) is 5.91 Å². The zero-order chi connectivity index (χ0) is 29.9. The lowest BCUT2D eigenvalue weighted by Gasteiger charge is -2.32. The van der Waals surface area contributed by atoms with Crippen molar-refractivity contribution in [2.45, 2.75) is 6.42 Å². The molecule has 15 heteroatoms. The van der Waals surface area contributed by atoms with Crippen molar-refractivity contribution in [2.75, 3.05) is 56.9 Å². The quantitative estimate of drug-likeness (QED) is 0.295. The van der Waals surface area contributed by atoms with E-state index >= 15 is 0 Å². The largest absolute Gasteiger partial charge is 0.494 e. The third-order valence-electron chi connectivity index (χ3n) is 6.88. The molecule has 222 valence electrons. The van der Waals surface area contributed by atoms with Crippen LogP contribution in [0.2, 0.25) is 5.02 Å². The molecule has 1 N–H and O–H groups in total. The van der Waals surface area contributed by atoms with E-state index in [1.54, 1.807) is 42.7 Å². The number of amides is 3. The zero-order valence-electron chi connectivity index (χ0n) is 23.1. The van der Waals surface area contributed by atoms with Gasteiger partial charge in [0, 0.05) is 44.6 Å². The molecule has 0 unspecified atom stereocenters. The van der Waals surface area contributed by atoms with Crippen molar-refractivity contribution in [3.63, 3.8) is 0 Å². The number of carbonyl (C=O) groups excluding carboxylic acids is 2. The van der Waals surface area contributed by atoms with Crippen LogP contribution in [0.3, 0.4) is 0 Å². The number of anilines is 1. The minimum absolute atomic E-state index is 0.00891. The first kappa shape index (κ1) is 29.9. The van der Waals surface area contributed by atoms with Crippen LogP contribution in [-0.2, 0) is 10.0 Å². The highest BCUT2D eigenvalue weighted by Gasteiger charge is 2.34. The minimum atomic E-state index is -4.21. The third-order valence-corrected chi connectivity index (χ3v) is 10.0. The van der Waals surface area contributed by atoms with Crippen LogP contribution < -0.4 is 14.4 Å². The number of piperazine rings is 1. The highest BCUT2D eigenvalue weighted by atomic mass is 35.5. The normalized spacial score (nSPS) is 14.6. The topological polar surface area (TPSA) is 130 Å². The van der Waals surface area contributed by atoms with Crippen LogP contribution in [-0.4, -0.2) is 97.6 Å². The first-order valence-electron chi connectivity index (χ1n) is 13.2. The Labute approximate surface area is 252 Å². The Bertz CT molecular complexity index is 1650. The fraction of sp³-hybridized carbons (Fsp3) is 0.333. The molecule has 0 atom stereocenters. The predicted octanol–water partition coefficient (Wildman–Crippen LogP) is 3.47. The maximum atomic E-state index is 13.7. The molecule has 3 amide bonds. The number of fused-ring (bicyclic) bond motifs is 1. The summed E-state index contributed by atoms with van der Waals surface area (Å²) >= 11 is 7.43. The fourth-order valence-corrected chi connectivity index (χ4v) is 7.42. The first-order valence-corrected chi connectivity index (χ1v) is 16.0. The summed E-state index contributed by atoms with van der Waals surface area (Å²) in [7, 11) is -0.712. The maximum absolute atomic E-state index is 13.7. The summed E-state index contributed by atoms with van der Waals surface area (Å²) in [6.45, 7) is 4.07. The highest BCUT2D eigenvalue weighted by molar-refractivity contribution is 7.93. The highest BCUT2D eigenvalue weighted by Crippen LogP contribution is 2.32. The molecule has 1 fully saturated rings. The van der Waals surface area contributed by atoms with Crippen molar-refractivity contribution in [3.05, 3.63) is 65.4 Å². The van der Waals surface area contributed by atoms with Gasteiger partial charge in [-0.25, -0.2) is 22.9 Å². The molecule has 0 radical (unpaired) electrons. The number of ether oxygens (including phenoxy) is 1. The van der Waals surface area contributed by atoms with Gasteiger partial charge in [0.05, 0.1) is 33.7 Å². The molecule has 1 aliphatic heterocycles. The number of hydrogen-bond donors (Lipinski definition) is 1. The monoisotopic (exact) mass is 631 g/mol. The number of para-hydroxylation sites is 1. The fourth-order valence-electron chi connectivity index (χ4n) is 4.60. The summed E-state index contributed by atoms with van der Waals surface area (Å²) in [5.74, 6) is -0.839. The Morgan fingerprint density at radius 1 is 1.14 bits per heavy atom. The zero-order valence-corrected chi connectivity index (χ0v) is 25.5. The average molecular weight is 632 g/mol. The van der Waals surface area contributed by atoms with Gasteiger partial charge in [0.15, 0.2) is 0 Å². The number of nitrogens with one attached hydrogen (secondary N) is 1. The first-order chi connectivity index (χ1) is 20.2. The second-order valence-corrected chi connectivity index (χ2v) is 13.1. The van der Waals surface area contributed by atoms with Crippen molar-refractivity contribution in [1.29, 1.82) is 0 Å². The number of halogens is 1. The second kappa shape index (κ2) is 12.8. The van der Waals surface area contributed by atoms with E-state index in [2.05, 4.69) is 32.2 Å². The van der Waals surface area contributed by atoms with Gasteiger partial charge in [-0.3, -0.25) is 10.1 Å². The number of benzene rings is 2. The lowest BCUT2D eigenvalue weighted by Crippen LogP contribution is -2.48. The van der Waals surface area contributed by atoms with Crippen molar-refractivity contribution in [1.82, 2.24) is 29.9 Å². The van der Waals surface area contributed by atoms with Crippen LogP contribution in [0.4, 0.5) is 9.93 Å². The molecule has 1 saturated heterocycles. The number of thiazole rings is 1. The summed E-state index contributed by atoms with van der Waals surface area (Å²) in [5, 5.41) is 6.33. The molecule has 2 aromatic heterocycles. The molecule has 0 spiro atoms. The van der Waals surface area contributed by atoms with Gasteiger partial charge in [-0.15, -0.1) is 0 Å². The molecular formula is C27H30ClN7O5S2. The summed E-state index contributed by atoms with van der Waals surface area (Å²) in [4.78, 5) is 35.7. The van der Waals surface area contributed by atoms with E-state index < -0.39 is 22.0 Å². The summed E-state index contributed by atoms with van der Waals surface area (Å²) in [6.07, 6.45) is 3.52. The van der Waals surface area contributed by atoms with Crippen LogP contribution in [0.15, 0.2) is 54.9 Å². The van der Waals surface area contributed by atoms with E-state index in [0.717, 1.165) is 37.5 Å². The van der Waals surface area contributed by atoms with Gasteiger partial charge in [-0.1, -0.05) is 35.1 Å². The number of sulfonamides is 1. The summed E-state index contributed by atoms with van der Waals surface area (Å²) < 4.78 is 35.5. The van der Waals surface area contributed by atoms with E-state index in [9.17, 15) is 18.0 Å². The number of rotatable bonds is 9. The molecule has 2 aromatic carbocycles. The van der Waals surface area contributed by atoms with Gasteiger partial charge < -0.3 is 14.5 Å². The molecule has 3 heterocycles. The van der Waals surface area contributed by atoms with E-state index in [-0.39, 0.29) is 21.5 Å². The molecule has 4 aromatic rings. The van der Waals surface area contributed by atoms with Gasteiger partial charge in [-0.05, 0) is 44.3 Å². The third kappa shape index (κ3) is 6.57. The number of aromatic nitrogens is 3. The van der Waals surface area contributed by atoms with Crippen LogP contribution in [0.1, 0.15) is 16.8 Å². The molecular weight excluding hydrogens is 602 g/mol. The van der Waals surface area contributed by atoms with Crippen LogP contribution in [0, 0.1) is 0 Å². The van der Waals surface area contributed by atoms with Crippen molar-refractivity contribution in [2.24, 2.45) is 0 Å². The van der Waals surface area contributed by atoms with Crippen molar-refractivity contribution in [3.8, 4) is 11.4 Å². The molecule has 1 aliphatic rings. The van der Waals surface area contributed by atoms with Crippen LogP contribution in [0.5, 0.6) is 5.75 Å². The van der Waals surface area contributed by atoms with E-state index in [0.29, 0.717) is 38.9 Å². The molecule has 42 heavy (non-hydrogen) atoms. The lowest BCUT2D eigenvalue weighted by atomic mass is 10.1. The van der Waals surface area contributed by atoms with E-state index in [1.807, 2.05) is 0 Å². The smallest absolute Gasteiger partial charge is 0.344 e. The van der Waals surface area contributed by atoms with Gasteiger partial charge in [-0.2, -0.15) is 9.40 Å². The summed E-state index contributed by atoms with van der Waals surface area (Å²) in [5.41, 5.74) is 0.883. The Morgan fingerprint density at radius 3 is 2.60 bits per heavy atom. The molecule has 0 aliphatic carbocycles. The Morgan fingerprint density at radius 2 is 1.90 bits per heavy atom. The van der Waals surface area contributed by atoms with Crippen molar-refractivity contribution >= 4 is 60.2 Å². The maximum Gasteiger partial charge on any atom is 0.344 e. The Kier molecular flexibility index (Phi) is 9.08. The molecule has 0 bridgehead atoms. The van der Waals surface area contributed by atoms with Crippen molar-refractivity contribution < 1.29 is 22.7 Å². The van der Waals surface area contributed by atoms with E-state index in [4.69, 9.17) is 16.3 Å². The Hall–Kier alpha value is -3.56. The number of urea groups is 1. The van der Waals surface area contributed by atoms with Crippen LogP contribution >= 0.6 is 22.9 Å². The molecule has 12 nitrogen and oxygen atoms in total. The van der Waals surface area contributed by atoms with E-state index in [1.165, 1.54) is 23.9 Å². The number of likely N-dealkylation sites (N-methyl/N-ethyl adjacent to an activating group) is 1. The van der Waals surface area contributed by atoms with Gasteiger partial charge in [0.1, 0.15) is 11.4 Å². The summed E-state index contributed by atoms with van der Waals surface area (Å²) in [6, 6.07) is 10.5. The number of methoxy groups -OCH3 is 1. The van der Waals surface area contributed by atoms with Gasteiger partial charge in [0.2, 0.25) is 15.2 Å². The predicted molar refractivity (Wildman–Crippen MR) is 162 cm³/mol. The molecule has 0 saturated carbocycles. The SMILES string of the molecule is COc1cc(Cl)c(C(=O)NC(=O)N(c2nc3ccccc3s2)S(=O)(=O)CCCN2CCN(C)CC2)cc1-n1cccn1.